The molecule has 0 unspecified atom stereocenters. The van der Waals surface area contributed by atoms with E-state index in [1.54, 1.807) is 19.1 Å². The van der Waals surface area contributed by atoms with Gasteiger partial charge in [0.2, 0.25) is 0 Å². The third-order valence-electron chi connectivity index (χ3n) is 2.64. The van der Waals surface area contributed by atoms with Gasteiger partial charge in [0.25, 0.3) is 0 Å². The largest absolute Gasteiger partial charge is 0.370 e. The molecule has 20 heavy (non-hydrogen) atoms. The second-order valence-electron chi connectivity index (χ2n) is 4.88. The molecule has 0 bridgehead atoms. The molecule has 5 nitrogen and oxygen atoms in total. The van der Waals surface area contributed by atoms with Crippen LogP contribution in [0.5, 0.6) is 0 Å². The summed E-state index contributed by atoms with van der Waals surface area (Å²) in [6.45, 7) is 8.41. The molecule has 0 saturated heterocycles. The Morgan fingerprint density at radius 1 is 1.45 bits per heavy atom. The van der Waals surface area contributed by atoms with Gasteiger partial charge in [-0.05, 0) is 31.0 Å². The second-order valence-corrected chi connectivity index (χ2v) is 6.87. The minimum atomic E-state index is -3.18. The Labute approximate surface area is 120 Å². The Balaban J connectivity index is 2.78. The van der Waals surface area contributed by atoms with Crippen LogP contribution in [0.1, 0.15) is 18.1 Å². The van der Waals surface area contributed by atoms with Crippen molar-refractivity contribution >= 4 is 15.8 Å². The quantitative estimate of drug-likeness (QED) is 0.488. The van der Waals surface area contributed by atoms with E-state index in [2.05, 4.69) is 16.9 Å². The standard InChI is InChI=1S/C14H21N3O2S/c1-10(2)8-16-14(15)17-9-12-5-6-13(11(3)7-12)20(4,18)19/h5-7H,1,8-9H2,2-4H3,(H3,15,16,17). The highest BCUT2D eigenvalue weighted by molar-refractivity contribution is 7.90. The molecule has 0 fully saturated rings. The molecule has 1 aromatic rings. The van der Waals surface area contributed by atoms with Gasteiger partial charge in [0, 0.05) is 12.8 Å². The van der Waals surface area contributed by atoms with Crippen molar-refractivity contribution in [2.24, 2.45) is 10.7 Å². The van der Waals surface area contributed by atoms with Crippen LogP contribution in [0.3, 0.4) is 0 Å². The summed E-state index contributed by atoms with van der Waals surface area (Å²) < 4.78 is 23.0. The van der Waals surface area contributed by atoms with Crippen molar-refractivity contribution in [2.45, 2.75) is 25.3 Å². The number of aryl methyl sites for hydroxylation is 1. The van der Waals surface area contributed by atoms with Crippen LogP contribution in [0.4, 0.5) is 0 Å². The van der Waals surface area contributed by atoms with Gasteiger partial charge in [-0.25, -0.2) is 13.4 Å². The predicted octanol–water partition coefficient (Wildman–Crippen LogP) is 1.38. The molecule has 0 spiro atoms. The number of hydrogen-bond donors (Lipinski definition) is 2. The predicted molar refractivity (Wildman–Crippen MR) is 82.4 cm³/mol. The third kappa shape index (κ3) is 5.05. The van der Waals surface area contributed by atoms with Gasteiger partial charge >= 0.3 is 0 Å². The zero-order chi connectivity index (χ0) is 15.3. The van der Waals surface area contributed by atoms with Crippen molar-refractivity contribution in [1.82, 2.24) is 5.32 Å². The Morgan fingerprint density at radius 2 is 2.10 bits per heavy atom. The van der Waals surface area contributed by atoms with Crippen LogP contribution in [0.15, 0.2) is 40.2 Å². The van der Waals surface area contributed by atoms with E-state index in [-0.39, 0.29) is 0 Å². The van der Waals surface area contributed by atoms with Crippen LogP contribution in [-0.2, 0) is 16.4 Å². The van der Waals surface area contributed by atoms with E-state index < -0.39 is 9.84 Å². The van der Waals surface area contributed by atoms with Crippen molar-refractivity contribution in [3.8, 4) is 0 Å². The summed E-state index contributed by atoms with van der Waals surface area (Å²) in [5.74, 6) is 0.345. The minimum absolute atomic E-state index is 0.345. The fourth-order valence-corrected chi connectivity index (χ4v) is 2.66. The molecule has 1 aromatic carbocycles. The molecule has 0 radical (unpaired) electrons. The lowest BCUT2D eigenvalue weighted by Crippen LogP contribution is -2.32. The summed E-state index contributed by atoms with van der Waals surface area (Å²) in [5.41, 5.74) is 8.31. The van der Waals surface area contributed by atoms with E-state index in [0.717, 1.165) is 11.1 Å². The minimum Gasteiger partial charge on any atom is -0.370 e. The van der Waals surface area contributed by atoms with Crippen LogP contribution in [0.2, 0.25) is 0 Å². The smallest absolute Gasteiger partial charge is 0.189 e. The first-order chi connectivity index (χ1) is 9.20. The van der Waals surface area contributed by atoms with Gasteiger partial charge in [0.05, 0.1) is 11.4 Å². The molecule has 0 amide bonds. The zero-order valence-electron chi connectivity index (χ0n) is 12.1. The lowest BCUT2D eigenvalue weighted by atomic mass is 10.1. The van der Waals surface area contributed by atoms with Crippen LogP contribution >= 0.6 is 0 Å². The Morgan fingerprint density at radius 3 is 2.60 bits per heavy atom. The monoisotopic (exact) mass is 295 g/mol. The van der Waals surface area contributed by atoms with E-state index >= 15 is 0 Å². The number of nitrogens with one attached hydrogen (secondary N) is 1. The number of rotatable bonds is 5. The van der Waals surface area contributed by atoms with Gasteiger partial charge in [-0.2, -0.15) is 0 Å². The van der Waals surface area contributed by atoms with E-state index in [1.165, 1.54) is 6.26 Å². The Bertz CT molecular complexity index is 634. The zero-order valence-corrected chi connectivity index (χ0v) is 12.9. The average molecular weight is 295 g/mol. The number of nitrogens with zero attached hydrogens (tertiary/aromatic N) is 1. The molecule has 110 valence electrons. The first-order valence-corrected chi connectivity index (χ1v) is 8.07. The molecule has 0 aromatic heterocycles. The number of benzene rings is 1. The molecule has 0 saturated carbocycles. The molecule has 6 heteroatoms. The molecular weight excluding hydrogens is 274 g/mol. The van der Waals surface area contributed by atoms with Crippen molar-refractivity contribution in [3.05, 3.63) is 41.5 Å². The van der Waals surface area contributed by atoms with Crippen molar-refractivity contribution in [3.63, 3.8) is 0 Å². The molecule has 0 aliphatic heterocycles. The van der Waals surface area contributed by atoms with Crippen molar-refractivity contribution in [1.29, 1.82) is 0 Å². The summed E-state index contributed by atoms with van der Waals surface area (Å²) in [6, 6.07) is 5.16. The third-order valence-corrected chi connectivity index (χ3v) is 3.90. The van der Waals surface area contributed by atoms with E-state index in [9.17, 15) is 8.42 Å². The van der Waals surface area contributed by atoms with Crippen molar-refractivity contribution in [2.75, 3.05) is 12.8 Å². The molecule has 1 rings (SSSR count). The Kier molecular flexibility index (Phi) is 5.33. The molecule has 3 N–H and O–H groups in total. The molecule has 0 aliphatic rings. The molecular formula is C14H21N3O2S. The molecule has 0 heterocycles. The maximum atomic E-state index is 11.5. The fraction of sp³-hybridized carbons (Fsp3) is 0.357. The summed E-state index contributed by atoms with van der Waals surface area (Å²) in [4.78, 5) is 4.54. The maximum Gasteiger partial charge on any atom is 0.189 e. The van der Waals surface area contributed by atoms with Crippen LogP contribution < -0.4 is 11.1 Å². The van der Waals surface area contributed by atoms with Crippen LogP contribution in [0, 0.1) is 6.92 Å². The first-order valence-electron chi connectivity index (χ1n) is 6.18. The number of sulfone groups is 1. The fourth-order valence-electron chi connectivity index (χ4n) is 1.70. The second kappa shape index (κ2) is 6.56. The highest BCUT2D eigenvalue weighted by Crippen LogP contribution is 2.17. The van der Waals surface area contributed by atoms with Crippen LogP contribution in [0.25, 0.3) is 0 Å². The van der Waals surface area contributed by atoms with Gasteiger partial charge in [0.1, 0.15) is 0 Å². The number of guanidine groups is 1. The van der Waals surface area contributed by atoms with E-state index in [1.807, 2.05) is 13.0 Å². The summed E-state index contributed by atoms with van der Waals surface area (Å²) in [5, 5.41) is 2.93. The first kappa shape index (κ1) is 16.2. The summed E-state index contributed by atoms with van der Waals surface area (Å²) in [7, 11) is -3.18. The highest BCUT2D eigenvalue weighted by atomic mass is 32.2. The lowest BCUT2D eigenvalue weighted by molar-refractivity contribution is 0.601. The van der Waals surface area contributed by atoms with E-state index in [4.69, 9.17) is 5.73 Å². The SMILES string of the molecule is C=C(C)CNC(N)=NCc1ccc(S(C)(=O)=O)c(C)c1. The summed E-state index contributed by atoms with van der Waals surface area (Å²) in [6.07, 6.45) is 1.20. The number of hydrogen-bond acceptors (Lipinski definition) is 3. The van der Waals surface area contributed by atoms with Gasteiger partial charge < -0.3 is 11.1 Å². The number of nitrogens with two attached hydrogens (primary N) is 1. The van der Waals surface area contributed by atoms with Gasteiger partial charge in [-0.1, -0.05) is 24.3 Å². The topological polar surface area (TPSA) is 84.5 Å². The van der Waals surface area contributed by atoms with Gasteiger partial charge in [-0.3, -0.25) is 0 Å². The average Bonchev–Trinajstić information content (AvgIpc) is 2.32. The summed E-state index contributed by atoms with van der Waals surface area (Å²) >= 11 is 0. The van der Waals surface area contributed by atoms with Gasteiger partial charge in [-0.15, -0.1) is 0 Å². The van der Waals surface area contributed by atoms with Crippen LogP contribution in [-0.4, -0.2) is 27.2 Å². The molecule has 0 aliphatic carbocycles. The van der Waals surface area contributed by atoms with E-state index in [0.29, 0.717) is 29.5 Å². The highest BCUT2D eigenvalue weighted by Gasteiger charge is 2.10. The normalized spacial score (nSPS) is 12.2. The molecule has 0 atom stereocenters. The number of aliphatic imine (C=N–C) groups is 1. The van der Waals surface area contributed by atoms with Gasteiger partial charge in [0.15, 0.2) is 15.8 Å². The Hall–Kier alpha value is -1.82. The lowest BCUT2D eigenvalue weighted by Gasteiger charge is -2.07. The maximum absolute atomic E-state index is 11.5. The van der Waals surface area contributed by atoms with Crippen molar-refractivity contribution < 1.29 is 8.42 Å².